The van der Waals surface area contributed by atoms with E-state index in [-0.39, 0.29) is 5.88 Å². The van der Waals surface area contributed by atoms with Gasteiger partial charge in [-0.15, -0.1) is 0 Å². The van der Waals surface area contributed by atoms with E-state index in [0.29, 0.717) is 5.56 Å². The molecule has 0 amide bonds. The number of aromatic nitrogens is 2. The zero-order chi connectivity index (χ0) is 9.84. The number of nitrogens with zero attached hydrogens (tertiary/aromatic N) is 1. The third-order valence-electron chi connectivity index (χ3n) is 1.41. The van der Waals surface area contributed by atoms with Gasteiger partial charge in [-0.1, -0.05) is 0 Å². The first-order valence-corrected chi connectivity index (χ1v) is 3.55. The van der Waals surface area contributed by atoms with Crippen LogP contribution in [0.15, 0.2) is 14.6 Å². The topological polar surface area (TPSA) is 87.3 Å². The Labute approximate surface area is 73.3 Å². The van der Waals surface area contributed by atoms with E-state index >= 15 is 0 Å². The molecule has 6 nitrogen and oxygen atoms in total. The molecule has 2 N–H and O–H groups in total. The minimum absolute atomic E-state index is 0.111. The third-order valence-corrected chi connectivity index (χ3v) is 1.41. The molecule has 0 unspecified atom stereocenters. The van der Waals surface area contributed by atoms with Crippen LogP contribution in [-0.4, -0.2) is 23.4 Å². The Balaban J connectivity index is 3.20. The van der Waals surface area contributed by atoms with Gasteiger partial charge in [-0.05, 0) is 6.92 Å². The number of aliphatic imine (C=N–C) groups is 1. The molecule has 0 aliphatic heterocycles. The second-order valence-electron chi connectivity index (χ2n) is 2.34. The minimum Gasteiger partial charge on any atom is -0.429 e. The Morgan fingerprint density at radius 3 is 2.69 bits per heavy atom. The van der Waals surface area contributed by atoms with Crippen molar-refractivity contribution in [3.05, 3.63) is 26.4 Å². The lowest BCUT2D eigenvalue weighted by Gasteiger charge is -2.00. The van der Waals surface area contributed by atoms with Crippen LogP contribution in [0.3, 0.4) is 0 Å². The number of nitrogens with one attached hydrogen (secondary N) is 2. The highest BCUT2D eigenvalue weighted by Gasteiger charge is 2.03. The lowest BCUT2D eigenvalue weighted by Crippen LogP contribution is -2.24. The first kappa shape index (κ1) is 9.24. The Hall–Kier alpha value is -1.85. The first-order valence-electron chi connectivity index (χ1n) is 3.55. The summed E-state index contributed by atoms with van der Waals surface area (Å²) in [6.45, 7) is 1.54. The number of rotatable bonds is 2. The molecule has 0 aromatic carbocycles. The monoisotopic (exact) mass is 183 g/mol. The summed E-state index contributed by atoms with van der Waals surface area (Å²) in [4.78, 5) is 29.8. The molecule has 0 aliphatic carbocycles. The van der Waals surface area contributed by atoms with Gasteiger partial charge in [0, 0.05) is 7.05 Å². The van der Waals surface area contributed by atoms with Gasteiger partial charge in [-0.3, -0.25) is 19.8 Å². The summed E-state index contributed by atoms with van der Waals surface area (Å²) in [7, 11) is 1.51. The average Bonchev–Trinajstić information content (AvgIpc) is 2.09. The quantitative estimate of drug-likeness (QED) is 0.474. The highest BCUT2D eigenvalue weighted by Crippen LogP contribution is 2.03. The molecule has 0 radical (unpaired) electrons. The fourth-order valence-electron chi connectivity index (χ4n) is 0.751. The van der Waals surface area contributed by atoms with E-state index in [1.807, 2.05) is 0 Å². The van der Waals surface area contributed by atoms with Crippen molar-refractivity contribution in [2.75, 3.05) is 7.05 Å². The Morgan fingerprint density at radius 1 is 1.38 bits per heavy atom. The van der Waals surface area contributed by atoms with Crippen LogP contribution in [0.1, 0.15) is 5.56 Å². The third kappa shape index (κ3) is 2.05. The standard InChI is InChI=1S/C7H9N3O3/c1-4-5(11)9-7(12)10-6(4)13-3-8-2/h3H,1-2H3,(H2,9,10,11,12). The van der Waals surface area contributed by atoms with Gasteiger partial charge in [-0.25, -0.2) is 4.79 Å². The van der Waals surface area contributed by atoms with Crippen molar-refractivity contribution >= 4 is 6.40 Å². The van der Waals surface area contributed by atoms with Crippen LogP contribution in [0.25, 0.3) is 0 Å². The number of aromatic amines is 2. The number of H-pyrrole nitrogens is 2. The van der Waals surface area contributed by atoms with Gasteiger partial charge in [0.1, 0.15) is 0 Å². The van der Waals surface area contributed by atoms with Crippen LogP contribution in [0.2, 0.25) is 0 Å². The molecule has 0 aliphatic rings. The summed E-state index contributed by atoms with van der Waals surface area (Å²) < 4.78 is 4.88. The molecular formula is C7H9N3O3. The first-order chi connectivity index (χ1) is 6.15. The zero-order valence-corrected chi connectivity index (χ0v) is 7.25. The van der Waals surface area contributed by atoms with E-state index in [4.69, 9.17) is 4.74 Å². The molecule has 0 saturated heterocycles. The molecule has 0 fully saturated rings. The van der Waals surface area contributed by atoms with Crippen molar-refractivity contribution in [1.29, 1.82) is 0 Å². The average molecular weight is 183 g/mol. The molecule has 0 bridgehead atoms. The van der Waals surface area contributed by atoms with Crippen molar-refractivity contribution < 1.29 is 4.74 Å². The van der Waals surface area contributed by atoms with Crippen LogP contribution in [0.5, 0.6) is 5.88 Å². The lowest BCUT2D eigenvalue weighted by molar-refractivity contribution is 0.535. The molecule has 1 aromatic rings. The van der Waals surface area contributed by atoms with Crippen molar-refractivity contribution in [1.82, 2.24) is 9.97 Å². The summed E-state index contributed by atoms with van der Waals surface area (Å²) >= 11 is 0. The van der Waals surface area contributed by atoms with Gasteiger partial charge in [0.2, 0.25) is 5.88 Å². The van der Waals surface area contributed by atoms with Crippen LogP contribution in [-0.2, 0) is 0 Å². The van der Waals surface area contributed by atoms with Gasteiger partial charge in [-0.2, -0.15) is 0 Å². The van der Waals surface area contributed by atoms with Gasteiger partial charge in [0.05, 0.1) is 5.56 Å². The molecule has 1 aromatic heterocycles. The fraction of sp³-hybridized carbons (Fsp3) is 0.286. The van der Waals surface area contributed by atoms with E-state index in [0.717, 1.165) is 6.40 Å². The lowest BCUT2D eigenvalue weighted by atomic mass is 10.4. The Bertz CT molecular complexity index is 429. The summed E-state index contributed by atoms with van der Waals surface area (Å²) in [6.07, 6.45) is 1.14. The second-order valence-corrected chi connectivity index (χ2v) is 2.34. The predicted molar refractivity (Wildman–Crippen MR) is 47.5 cm³/mol. The summed E-state index contributed by atoms with van der Waals surface area (Å²) in [5.41, 5.74) is -0.766. The molecule has 0 spiro atoms. The highest BCUT2D eigenvalue weighted by atomic mass is 16.5. The minimum atomic E-state index is -0.602. The molecule has 13 heavy (non-hydrogen) atoms. The van der Waals surface area contributed by atoms with E-state index < -0.39 is 11.2 Å². The predicted octanol–water partition coefficient (Wildman–Crippen LogP) is -0.591. The van der Waals surface area contributed by atoms with Crippen molar-refractivity contribution in [3.63, 3.8) is 0 Å². The summed E-state index contributed by atoms with van der Waals surface area (Å²) in [5, 5.41) is 0. The maximum Gasteiger partial charge on any atom is 0.328 e. The van der Waals surface area contributed by atoms with Crippen molar-refractivity contribution in [3.8, 4) is 5.88 Å². The molecule has 1 heterocycles. The number of hydrogen-bond acceptors (Lipinski definition) is 4. The molecule has 1 rings (SSSR count). The molecule has 70 valence electrons. The number of hydrogen-bond donors (Lipinski definition) is 2. The van der Waals surface area contributed by atoms with Crippen LogP contribution < -0.4 is 16.0 Å². The molecule has 6 heteroatoms. The summed E-state index contributed by atoms with van der Waals surface area (Å²) in [5.74, 6) is 0.111. The van der Waals surface area contributed by atoms with Crippen LogP contribution in [0, 0.1) is 6.92 Å². The van der Waals surface area contributed by atoms with E-state index in [1.165, 1.54) is 14.0 Å². The van der Waals surface area contributed by atoms with Crippen LogP contribution >= 0.6 is 0 Å². The van der Waals surface area contributed by atoms with Crippen LogP contribution in [0.4, 0.5) is 0 Å². The van der Waals surface area contributed by atoms with Crippen molar-refractivity contribution in [2.45, 2.75) is 6.92 Å². The SMILES string of the molecule is CN=COc1[nH]c(=O)[nH]c(=O)c1C. The normalized spacial score (nSPS) is 10.6. The van der Waals surface area contributed by atoms with Gasteiger partial charge >= 0.3 is 5.69 Å². The second kappa shape index (κ2) is 3.70. The number of ether oxygens (including phenoxy) is 1. The van der Waals surface area contributed by atoms with Gasteiger partial charge < -0.3 is 4.74 Å². The summed E-state index contributed by atoms with van der Waals surface area (Å²) in [6, 6.07) is 0. The van der Waals surface area contributed by atoms with Gasteiger partial charge in [0.15, 0.2) is 6.40 Å². The largest absolute Gasteiger partial charge is 0.429 e. The maximum absolute atomic E-state index is 11.0. The van der Waals surface area contributed by atoms with E-state index in [2.05, 4.69) is 15.0 Å². The maximum atomic E-state index is 11.0. The Kier molecular flexibility index (Phi) is 2.63. The fourth-order valence-corrected chi connectivity index (χ4v) is 0.751. The molecular weight excluding hydrogens is 174 g/mol. The molecule has 0 saturated carbocycles. The van der Waals surface area contributed by atoms with Crippen molar-refractivity contribution in [2.24, 2.45) is 4.99 Å². The zero-order valence-electron chi connectivity index (χ0n) is 7.25. The van der Waals surface area contributed by atoms with E-state index in [1.54, 1.807) is 0 Å². The smallest absolute Gasteiger partial charge is 0.328 e. The van der Waals surface area contributed by atoms with E-state index in [9.17, 15) is 9.59 Å². The van der Waals surface area contributed by atoms with Gasteiger partial charge in [0.25, 0.3) is 5.56 Å². The molecule has 0 atom stereocenters. The highest BCUT2D eigenvalue weighted by molar-refractivity contribution is 5.51. The Morgan fingerprint density at radius 2 is 2.08 bits per heavy atom.